The minimum Gasteiger partial charge on any atom is -0.166 e. The third kappa shape index (κ3) is 3.13. The molecule has 0 aliphatic heterocycles. The van der Waals surface area contributed by atoms with Gasteiger partial charge in [-0.3, -0.25) is 0 Å². The Morgan fingerprint density at radius 1 is 0.955 bits per heavy atom. The number of rotatable bonds is 3. The molecule has 2 aromatic carbocycles. The number of tetrazole rings is 1. The first kappa shape index (κ1) is 14.2. The molecule has 0 spiro atoms. The van der Waals surface area contributed by atoms with Gasteiger partial charge in [-0.15, -0.1) is 10.2 Å². The highest BCUT2D eigenvalue weighted by molar-refractivity contribution is 5.55. The Morgan fingerprint density at radius 2 is 1.73 bits per heavy atom. The van der Waals surface area contributed by atoms with E-state index in [2.05, 4.69) is 15.4 Å². The molecule has 3 aromatic rings. The highest BCUT2D eigenvalue weighted by atomic mass is 19.4. The van der Waals surface area contributed by atoms with Crippen LogP contribution in [0.15, 0.2) is 54.6 Å². The standard InChI is InChI=1S/C15H11F3N4/c16-15(17,18)13-8-4-7-12(9-13)14-19-21-22(20-14)10-11-5-2-1-3-6-11/h1-9H,10H2. The van der Waals surface area contributed by atoms with Crippen LogP contribution >= 0.6 is 0 Å². The monoisotopic (exact) mass is 304 g/mol. The summed E-state index contributed by atoms with van der Waals surface area (Å²) < 4.78 is 38.1. The Kier molecular flexibility index (Phi) is 3.62. The van der Waals surface area contributed by atoms with Crippen LogP contribution in [0.2, 0.25) is 0 Å². The molecule has 4 nitrogen and oxygen atoms in total. The predicted octanol–water partition coefficient (Wildman–Crippen LogP) is 3.41. The summed E-state index contributed by atoms with van der Waals surface area (Å²) >= 11 is 0. The second kappa shape index (κ2) is 5.59. The maximum atomic E-state index is 12.7. The Balaban J connectivity index is 1.85. The smallest absolute Gasteiger partial charge is 0.166 e. The highest BCUT2D eigenvalue weighted by Gasteiger charge is 2.30. The van der Waals surface area contributed by atoms with Gasteiger partial charge in [0, 0.05) is 5.56 Å². The summed E-state index contributed by atoms with van der Waals surface area (Å²) in [6, 6.07) is 14.4. The van der Waals surface area contributed by atoms with Gasteiger partial charge < -0.3 is 0 Å². The number of benzene rings is 2. The third-order valence-corrected chi connectivity index (χ3v) is 3.07. The molecule has 0 N–H and O–H groups in total. The lowest BCUT2D eigenvalue weighted by atomic mass is 10.1. The van der Waals surface area contributed by atoms with Gasteiger partial charge in [-0.1, -0.05) is 42.5 Å². The zero-order valence-electron chi connectivity index (χ0n) is 11.3. The summed E-state index contributed by atoms with van der Waals surface area (Å²) in [5, 5.41) is 11.8. The van der Waals surface area contributed by atoms with Crippen LogP contribution in [0.5, 0.6) is 0 Å². The SMILES string of the molecule is FC(F)(F)c1cccc(-c2nnn(Cc3ccccc3)n2)c1. The van der Waals surface area contributed by atoms with Crippen LogP contribution in [0.3, 0.4) is 0 Å². The molecular weight excluding hydrogens is 293 g/mol. The largest absolute Gasteiger partial charge is 0.416 e. The molecule has 1 aromatic heterocycles. The summed E-state index contributed by atoms with van der Waals surface area (Å²) in [7, 11) is 0. The first-order valence-corrected chi connectivity index (χ1v) is 6.52. The Hall–Kier alpha value is -2.70. The van der Waals surface area contributed by atoms with Crippen LogP contribution in [0, 0.1) is 0 Å². The molecule has 7 heteroatoms. The molecule has 0 unspecified atom stereocenters. The van der Waals surface area contributed by atoms with Crippen molar-refractivity contribution < 1.29 is 13.2 Å². The number of hydrogen-bond donors (Lipinski definition) is 0. The van der Waals surface area contributed by atoms with Crippen LogP contribution < -0.4 is 0 Å². The lowest BCUT2D eigenvalue weighted by molar-refractivity contribution is -0.137. The van der Waals surface area contributed by atoms with Gasteiger partial charge in [0.2, 0.25) is 5.82 Å². The van der Waals surface area contributed by atoms with Gasteiger partial charge >= 0.3 is 6.18 Å². The Morgan fingerprint density at radius 3 is 2.45 bits per heavy atom. The van der Waals surface area contributed by atoms with Crippen molar-refractivity contribution in [1.29, 1.82) is 0 Å². The van der Waals surface area contributed by atoms with E-state index >= 15 is 0 Å². The van der Waals surface area contributed by atoms with Crippen LogP contribution in [0.1, 0.15) is 11.1 Å². The molecule has 0 saturated carbocycles. The lowest BCUT2D eigenvalue weighted by Gasteiger charge is -2.06. The van der Waals surface area contributed by atoms with E-state index in [9.17, 15) is 13.2 Å². The quantitative estimate of drug-likeness (QED) is 0.745. The fraction of sp³-hybridized carbons (Fsp3) is 0.133. The van der Waals surface area contributed by atoms with Gasteiger partial charge in [0.15, 0.2) is 0 Å². The predicted molar refractivity (Wildman–Crippen MR) is 73.8 cm³/mol. The van der Waals surface area contributed by atoms with E-state index in [4.69, 9.17) is 0 Å². The average molecular weight is 304 g/mol. The van der Waals surface area contributed by atoms with E-state index in [0.717, 1.165) is 17.7 Å². The highest BCUT2D eigenvalue weighted by Crippen LogP contribution is 2.31. The fourth-order valence-corrected chi connectivity index (χ4v) is 2.01. The molecule has 0 radical (unpaired) electrons. The number of hydrogen-bond acceptors (Lipinski definition) is 3. The van der Waals surface area contributed by atoms with Crippen molar-refractivity contribution in [2.45, 2.75) is 12.7 Å². The number of aromatic nitrogens is 4. The first-order valence-electron chi connectivity index (χ1n) is 6.52. The van der Waals surface area contributed by atoms with E-state index < -0.39 is 11.7 Å². The summed E-state index contributed by atoms with van der Waals surface area (Å²) in [4.78, 5) is 1.35. The van der Waals surface area contributed by atoms with Crippen molar-refractivity contribution >= 4 is 0 Å². The van der Waals surface area contributed by atoms with Crippen molar-refractivity contribution in [2.75, 3.05) is 0 Å². The minimum absolute atomic E-state index is 0.169. The normalized spacial score (nSPS) is 11.6. The van der Waals surface area contributed by atoms with E-state index in [1.165, 1.54) is 16.9 Å². The molecule has 0 fully saturated rings. The van der Waals surface area contributed by atoms with Gasteiger partial charge in [0.05, 0.1) is 12.1 Å². The van der Waals surface area contributed by atoms with Gasteiger partial charge in [-0.25, -0.2) is 0 Å². The van der Waals surface area contributed by atoms with Crippen molar-refractivity contribution in [2.24, 2.45) is 0 Å². The maximum Gasteiger partial charge on any atom is 0.416 e. The molecule has 112 valence electrons. The lowest BCUT2D eigenvalue weighted by Crippen LogP contribution is -2.05. The molecular formula is C15H11F3N4. The van der Waals surface area contributed by atoms with E-state index in [0.29, 0.717) is 6.54 Å². The van der Waals surface area contributed by atoms with E-state index in [-0.39, 0.29) is 11.4 Å². The number of nitrogens with zero attached hydrogens (tertiary/aromatic N) is 4. The Labute approximate surface area is 124 Å². The topological polar surface area (TPSA) is 43.6 Å². The second-order valence-electron chi connectivity index (χ2n) is 4.71. The summed E-state index contributed by atoms with van der Waals surface area (Å²) in [5.41, 5.74) is 0.536. The zero-order chi connectivity index (χ0) is 15.6. The number of halogens is 3. The number of alkyl halides is 3. The van der Waals surface area contributed by atoms with Gasteiger partial charge in [0.25, 0.3) is 0 Å². The molecule has 0 atom stereocenters. The van der Waals surface area contributed by atoms with Crippen LogP contribution in [-0.2, 0) is 12.7 Å². The summed E-state index contributed by atoms with van der Waals surface area (Å²) in [6.07, 6.45) is -4.39. The van der Waals surface area contributed by atoms with E-state index in [1.54, 1.807) is 0 Å². The molecule has 0 aliphatic rings. The summed E-state index contributed by atoms with van der Waals surface area (Å²) in [5.74, 6) is 0.169. The molecule has 1 heterocycles. The van der Waals surface area contributed by atoms with Gasteiger partial charge in [-0.2, -0.15) is 18.0 Å². The van der Waals surface area contributed by atoms with Crippen LogP contribution in [0.4, 0.5) is 13.2 Å². The molecule has 3 rings (SSSR count). The van der Waals surface area contributed by atoms with Crippen molar-refractivity contribution in [3.05, 3.63) is 65.7 Å². The molecule has 0 saturated heterocycles. The van der Waals surface area contributed by atoms with Crippen LogP contribution in [0.25, 0.3) is 11.4 Å². The second-order valence-corrected chi connectivity index (χ2v) is 4.71. The average Bonchev–Trinajstić information content (AvgIpc) is 2.96. The maximum absolute atomic E-state index is 12.7. The third-order valence-electron chi connectivity index (χ3n) is 3.07. The Bertz CT molecular complexity index is 766. The van der Waals surface area contributed by atoms with Gasteiger partial charge in [-0.05, 0) is 22.9 Å². The van der Waals surface area contributed by atoms with E-state index in [1.807, 2.05) is 30.3 Å². The van der Waals surface area contributed by atoms with Crippen molar-refractivity contribution in [3.8, 4) is 11.4 Å². The minimum atomic E-state index is -4.39. The first-order chi connectivity index (χ1) is 10.5. The molecule has 0 bridgehead atoms. The molecule has 0 amide bonds. The fourth-order valence-electron chi connectivity index (χ4n) is 2.01. The van der Waals surface area contributed by atoms with Crippen molar-refractivity contribution in [1.82, 2.24) is 20.2 Å². The zero-order valence-corrected chi connectivity index (χ0v) is 11.3. The molecule has 0 aliphatic carbocycles. The van der Waals surface area contributed by atoms with Crippen molar-refractivity contribution in [3.63, 3.8) is 0 Å². The van der Waals surface area contributed by atoms with Gasteiger partial charge in [0.1, 0.15) is 0 Å². The molecule has 22 heavy (non-hydrogen) atoms. The summed E-state index contributed by atoms with van der Waals surface area (Å²) in [6.45, 7) is 0.410. The van der Waals surface area contributed by atoms with Crippen LogP contribution in [-0.4, -0.2) is 20.2 Å².